The first-order valence-electron chi connectivity index (χ1n) is 14.0. The van der Waals surface area contributed by atoms with Gasteiger partial charge < -0.3 is 23.7 Å². The predicted molar refractivity (Wildman–Crippen MR) is 161 cm³/mol. The first kappa shape index (κ1) is 27.1. The number of ether oxygens (including phenoxy) is 2. The van der Waals surface area contributed by atoms with Crippen LogP contribution in [0, 0.1) is 6.92 Å². The van der Waals surface area contributed by atoms with Crippen LogP contribution in [0.5, 0.6) is 5.75 Å². The molecule has 1 aliphatic heterocycles. The molecule has 3 heterocycles. The van der Waals surface area contributed by atoms with E-state index in [0.29, 0.717) is 31.9 Å². The van der Waals surface area contributed by atoms with Gasteiger partial charge in [0.05, 0.1) is 25.1 Å². The number of hydrogen-bond donors (Lipinski definition) is 0. The number of anilines is 1. The lowest BCUT2D eigenvalue weighted by Gasteiger charge is -2.35. The SMILES string of the molecule is CCOC(=O)c1cc(-c2ccc(N3CCN(C(=O)c4oc5ccccc5c4C)CC3)cc2)n(-c2ccc(OC)cc2)n1. The molecule has 9 heteroatoms. The summed E-state index contributed by atoms with van der Waals surface area (Å²) >= 11 is 0. The first-order valence-corrected chi connectivity index (χ1v) is 14.0. The molecule has 1 aliphatic rings. The largest absolute Gasteiger partial charge is 0.497 e. The van der Waals surface area contributed by atoms with Crippen molar-refractivity contribution < 1.29 is 23.5 Å². The van der Waals surface area contributed by atoms with Gasteiger partial charge in [-0.1, -0.05) is 30.3 Å². The minimum Gasteiger partial charge on any atom is -0.497 e. The summed E-state index contributed by atoms with van der Waals surface area (Å²) in [5.74, 6) is 0.623. The average Bonchev–Trinajstić information content (AvgIpc) is 3.63. The van der Waals surface area contributed by atoms with Gasteiger partial charge in [0.2, 0.25) is 0 Å². The molecule has 0 saturated carbocycles. The van der Waals surface area contributed by atoms with Gasteiger partial charge in [-0.05, 0) is 62.4 Å². The molecule has 1 fully saturated rings. The summed E-state index contributed by atoms with van der Waals surface area (Å²) in [6.45, 7) is 6.60. The van der Waals surface area contributed by atoms with Crippen molar-refractivity contribution >= 4 is 28.5 Å². The van der Waals surface area contributed by atoms with Crippen LogP contribution in [0.3, 0.4) is 0 Å². The van der Waals surface area contributed by atoms with Crippen LogP contribution < -0.4 is 9.64 Å². The fourth-order valence-electron chi connectivity index (χ4n) is 5.34. The fraction of sp³-hybridized carbons (Fsp3) is 0.242. The summed E-state index contributed by atoms with van der Waals surface area (Å²) in [4.78, 5) is 29.9. The number of methoxy groups -OCH3 is 1. The van der Waals surface area contributed by atoms with Crippen molar-refractivity contribution in [2.45, 2.75) is 13.8 Å². The molecule has 1 saturated heterocycles. The van der Waals surface area contributed by atoms with Crippen LogP contribution in [-0.2, 0) is 4.74 Å². The molecule has 3 aromatic carbocycles. The van der Waals surface area contributed by atoms with Crippen LogP contribution in [0.15, 0.2) is 83.3 Å². The number of fused-ring (bicyclic) bond motifs is 1. The third-order valence-corrected chi connectivity index (χ3v) is 7.64. The minimum absolute atomic E-state index is 0.0668. The summed E-state index contributed by atoms with van der Waals surface area (Å²) in [6, 6.07) is 25.2. The lowest BCUT2D eigenvalue weighted by atomic mass is 10.1. The molecule has 5 aromatic rings. The molecule has 0 unspecified atom stereocenters. The Hall–Kier alpha value is -5.05. The summed E-state index contributed by atoms with van der Waals surface area (Å²) < 4.78 is 18.2. The maximum absolute atomic E-state index is 13.3. The number of amides is 1. The summed E-state index contributed by atoms with van der Waals surface area (Å²) in [6.07, 6.45) is 0. The van der Waals surface area contributed by atoms with Crippen LogP contribution in [0.1, 0.15) is 33.5 Å². The van der Waals surface area contributed by atoms with Crippen molar-refractivity contribution in [2.75, 3.05) is 44.8 Å². The second-order valence-corrected chi connectivity index (χ2v) is 10.1. The highest BCUT2D eigenvalue weighted by atomic mass is 16.5. The molecule has 0 atom stereocenters. The normalized spacial score (nSPS) is 13.4. The quantitative estimate of drug-likeness (QED) is 0.233. The molecule has 2 aromatic heterocycles. The summed E-state index contributed by atoms with van der Waals surface area (Å²) in [7, 11) is 1.62. The van der Waals surface area contributed by atoms with Crippen LogP contribution >= 0.6 is 0 Å². The van der Waals surface area contributed by atoms with Crippen LogP contribution in [-0.4, -0.2) is 66.5 Å². The number of carbonyl (C=O) groups excluding carboxylic acids is 2. The highest BCUT2D eigenvalue weighted by Gasteiger charge is 2.27. The van der Waals surface area contributed by atoms with Crippen molar-refractivity contribution in [1.29, 1.82) is 0 Å². The van der Waals surface area contributed by atoms with E-state index in [1.807, 2.05) is 72.5 Å². The zero-order valence-corrected chi connectivity index (χ0v) is 23.9. The van der Waals surface area contributed by atoms with Crippen LogP contribution in [0.4, 0.5) is 5.69 Å². The molecule has 6 rings (SSSR count). The van der Waals surface area contributed by atoms with E-state index >= 15 is 0 Å². The van der Waals surface area contributed by atoms with Gasteiger partial charge in [-0.2, -0.15) is 5.10 Å². The van der Waals surface area contributed by atoms with Gasteiger partial charge in [0.1, 0.15) is 11.3 Å². The Labute approximate surface area is 243 Å². The molecule has 0 N–H and O–H groups in total. The van der Waals surface area contributed by atoms with Gasteiger partial charge in [0, 0.05) is 48.4 Å². The highest BCUT2D eigenvalue weighted by Crippen LogP contribution is 2.29. The predicted octanol–water partition coefficient (Wildman–Crippen LogP) is 5.74. The molecular weight excluding hydrogens is 532 g/mol. The van der Waals surface area contributed by atoms with E-state index < -0.39 is 5.97 Å². The third-order valence-electron chi connectivity index (χ3n) is 7.64. The molecule has 1 amide bonds. The van der Waals surface area contributed by atoms with Crippen molar-refractivity contribution in [3.05, 3.63) is 95.9 Å². The number of rotatable bonds is 7. The Morgan fingerprint density at radius 1 is 0.905 bits per heavy atom. The first-order chi connectivity index (χ1) is 20.5. The number of carbonyl (C=O) groups is 2. The molecule has 214 valence electrons. The second-order valence-electron chi connectivity index (χ2n) is 10.1. The lowest BCUT2D eigenvalue weighted by molar-refractivity contribution is 0.0518. The number of nitrogens with zero attached hydrogens (tertiary/aromatic N) is 4. The highest BCUT2D eigenvalue weighted by molar-refractivity contribution is 5.99. The van der Waals surface area contributed by atoms with E-state index in [4.69, 9.17) is 13.9 Å². The number of aromatic nitrogens is 2. The number of hydrogen-bond acceptors (Lipinski definition) is 7. The summed E-state index contributed by atoms with van der Waals surface area (Å²) in [5.41, 5.74) is 5.40. The molecule has 0 aliphatic carbocycles. The van der Waals surface area contributed by atoms with Gasteiger partial charge in [0.25, 0.3) is 5.91 Å². The van der Waals surface area contributed by atoms with Gasteiger partial charge >= 0.3 is 5.97 Å². The van der Waals surface area contributed by atoms with E-state index in [1.165, 1.54) is 0 Å². The van der Waals surface area contributed by atoms with Gasteiger partial charge in [-0.15, -0.1) is 0 Å². The monoisotopic (exact) mass is 564 g/mol. The third kappa shape index (κ3) is 5.09. The fourth-order valence-corrected chi connectivity index (χ4v) is 5.34. The molecule has 0 spiro atoms. The standard InChI is InChI=1S/C33H32N4O5/c1-4-41-33(39)28-21-29(37(34-28)25-13-15-26(40-3)16-14-25)23-9-11-24(12-10-23)35-17-19-36(20-18-35)32(38)31-22(2)27-7-5-6-8-30(27)42-31/h5-16,21H,4,17-20H2,1-3H3. The molecule has 0 bridgehead atoms. The number of piperazine rings is 1. The maximum atomic E-state index is 13.3. The van der Waals surface area contributed by atoms with Gasteiger partial charge in [0.15, 0.2) is 11.5 Å². The van der Waals surface area contributed by atoms with Crippen molar-refractivity contribution in [1.82, 2.24) is 14.7 Å². The topological polar surface area (TPSA) is 90.0 Å². The smallest absolute Gasteiger partial charge is 0.358 e. The van der Waals surface area contributed by atoms with Crippen molar-refractivity contribution in [2.24, 2.45) is 0 Å². The lowest BCUT2D eigenvalue weighted by Crippen LogP contribution is -2.48. The maximum Gasteiger partial charge on any atom is 0.358 e. The number of para-hydroxylation sites is 1. The average molecular weight is 565 g/mol. The molecule has 42 heavy (non-hydrogen) atoms. The van der Waals surface area contributed by atoms with Crippen LogP contribution in [0.2, 0.25) is 0 Å². The second kappa shape index (κ2) is 11.4. The van der Waals surface area contributed by atoms with E-state index in [9.17, 15) is 9.59 Å². The van der Waals surface area contributed by atoms with Gasteiger partial charge in [-0.25, -0.2) is 9.48 Å². The summed E-state index contributed by atoms with van der Waals surface area (Å²) in [5, 5.41) is 5.53. The van der Waals surface area contributed by atoms with Crippen molar-refractivity contribution in [3.63, 3.8) is 0 Å². The number of furan rings is 1. The van der Waals surface area contributed by atoms with Gasteiger partial charge in [-0.3, -0.25) is 4.79 Å². The zero-order chi connectivity index (χ0) is 29.2. The molecule has 9 nitrogen and oxygen atoms in total. The van der Waals surface area contributed by atoms with E-state index in [-0.39, 0.29) is 18.2 Å². The Bertz CT molecular complexity index is 1730. The van der Waals surface area contributed by atoms with Crippen LogP contribution in [0.25, 0.3) is 27.9 Å². The van der Waals surface area contributed by atoms with E-state index in [0.717, 1.165) is 44.9 Å². The molecular formula is C33H32N4O5. The van der Waals surface area contributed by atoms with E-state index in [1.54, 1.807) is 24.8 Å². The Morgan fingerprint density at radius 3 is 2.26 bits per heavy atom. The number of aryl methyl sites for hydroxylation is 1. The Morgan fingerprint density at radius 2 is 1.60 bits per heavy atom. The number of esters is 1. The number of benzene rings is 3. The Kier molecular flexibility index (Phi) is 7.39. The molecule has 0 radical (unpaired) electrons. The Balaban J connectivity index is 1.19. The minimum atomic E-state index is -0.465. The van der Waals surface area contributed by atoms with E-state index in [2.05, 4.69) is 22.1 Å². The van der Waals surface area contributed by atoms with Crippen molar-refractivity contribution in [3.8, 4) is 22.7 Å². The zero-order valence-electron chi connectivity index (χ0n) is 23.9.